The van der Waals surface area contributed by atoms with E-state index in [2.05, 4.69) is 15.5 Å². The summed E-state index contributed by atoms with van der Waals surface area (Å²) in [6, 6.07) is 18.3. The van der Waals surface area contributed by atoms with Gasteiger partial charge >= 0.3 is 6.03 Å². The van der Waals surface area contributed by atoms with Crippen LogP contribution >= 0.6 is 0 Å². The number of hydrogen-bond donors (Lipinski definition) is 1. The molecule has 0 aliphatic carbocycles. The largest absolute Gasteiger partial charge is 0.346 e. The van der Waals surface area contributed by atoms with Crippen LogP contribution in [-0.4, -0.2) is 32.9 Å². The normalized spacial score (nSPS) is 19.4. The summed E-state index contributed by atoms with van der Waals surface area (Å²) < 4.78 is 1.70. The molecule has 0 unspecified atom stereocenters. The first-order chi connectivity index (χ1) is 13.6. The quantitative estimate of drug-likeness (QED) is 0.551. The second-order valence-electron chi connectivity index (χ2n) is 6.47. The van der Waals surface area contributed by atoms with Crippen molar-refractivity contribution in [3.63, 3.8) is 0 Å². The summed E-state index contributed by atoms with van der Waals surface area (Å²) in [4.78, 5) is 25.5. The Kier molecular flexibility index (Phi) is 4.49. The molecule has 2 heterocycles. The van der Waals surface area contributed by atoms with Crippen molar-refractivity contribution in [2.45, 2.75) is 18.9 Å². The molecule has 1 saturated heterocycles. The van der Waals surface area contributed by atoms with Crippen LogP contribution in [-0.2, 0) is 10.3 Å². The minimum Gasteiger partial charge on any atom is -0.318 e. The van der Waals surface area contributed by atoms with Gasteiger partial charge in [0.1, 0.15) is 5.54 Å². The Hall–Kier alpha value is -3.74. The molecular formula is C21H19N5O2. The van der Waals surface area contributed by atoms with Gasteiger partial charge in [-0.15, -0.1) is 5.01 Å². The molecule has 3 amide bonds. The number of imide groups is 1. The van der Waals surface area contributed by atoms with Gasteiger partial charge in [-0.2, -0.15) is 10.2 Å². The number of hydrazone groups is 1. The molecule has 0 saturated carbocycles. The van der Waals surface area contributed by atoms with Crippen molar-refractivity contribution in [3.8, 4) is 5.69 Å². The molecule has 1 N–H and O–H groups in total. The zero-order valence-corrected chi connectivity index (χ0v) is 15.3. The summed E-state index contributed by atoms with van der Waals surface area (Å²) in [6.45, 7) is 1.86. The molecule has 2 aromatic carbocycles. The number of benzene rings is 2. The van der Waals surface area contributed by atoms with E-state index in [9.17, 15) is 9.59 Å². The number of nitrogens with zero attached hydrogens (tertiary/aromatic N) is 4. The lowest BCUT2D eigenvalue weighted by atomic mass is 9.87. The summed E-state index contributed by atoms with van der Waals surface area (Å²) in [5.74, 6) is -0.391. The maximum atomic E-state index is 13.0. The fourth-order valence-corrected chi connectivity index (χ4v) is 3.28. The number of nitrogens with one attached hydrogen (secondary N) is 1. The molecular weight excluding hydrogens is 354 g/mol. The van der Waals surface area contributed by atoms with Gasteiger partial charge in [0, 0.05) is 11.8 Å². The van der Waals surface area contributed by atoms with Crippen molar-refractivity contribution in [2.75, 3.05) is 0 Å². The van der Waals surface area contributed by atoms with Crippen LogP contribution in [0.15, 0.2) is 78.2 Å². The fourth-order valence-electron chi connectivity index (χ4n) is 3.28. The maximum absolute atomic E-state index is 13.0. The van der Waals surface area contributed by atoms with Gasteiger partial charge in [0.2, 0.25) is 0 Å². The standard InChI is InChI=1S/C21H19N5O2/c1-2-21(17-9-5-3-6-10-17)19(27)26(20(28)24-21)23-14-16-13-22-25(15-16)18-11-7-4-8-12-18/h3-15H,2H2,1H3,(H,24,28)/b23-14-/t21-/m0/s1. The van der Waals surface area contributed by atoms with Gasteiger partial charge in [0.25, 0.3) is 5.91 Å². The third kappa shape index (κ3) is 2.96. The van der Waals surface area contributed by atoms with E-state index in [0.717, 1.165) is 16.3 Å². The second kappa shape index (κ2) is 7.11. The van der Waals surface area contributed by atoms with Crippen molar-refractivity contribution in [2.24, 2.45) is 5.10 Å². The van der Waals surface area contributed by atoms with E-state index in [4.69, 9.17) is 0 Å². The first kappa shape index (κ1) is 17.7. The highest BCUT2D eigenvalue weighted by atomic mass is 16.2. The van der Waals surface area contributed by atoms with E-state index in [1.54, 1.807) is 17.1 Å². The number of hydrogen-bond acceptors (Lipinski definition) is 4. The molecule has 140 valence electrons. The summed E-state index contributed by atoms with van der Waals surface area (Å²) in [7, 11) is 0. The van der Waals surface area contributed by atoms with Crippen LogP contribution in [0.2, 0.25) is 0 Å². The van der Waals surface area contributed by atoms with Gasteiger partial charge in [-0.25, -0.2) is 9.48 Å². The number of carbonyl (C=O) groups excluding carboxylic acids is 2. The molecule has 1 atom stereocenters. The van der Waals surface area contributed by atoms with Crippen molar-refractivity contribution in [1.82, 2.24) is 20.1 Å². The summed E-state index contributed by atoms with van der Waals surface area (Å²) in [5, 5.41) is 12.1. The molecule has 0 bridgehead atoms. The first-order valence-electron chi connectivity index (χ1n) is 9.00. The van der Waals surface area contributed by atoms with E-state index >= 15 is 0 Å². The smallest absolute Gasteiger partial charge is 0.318 e. The van der Waals surface area contributed by atoms with Crippen LogP contribution in [0, 0.1) is 0 Å². The molecule has 1 aliphatic rings. The minimum atomic E-state index is -1.09. The average molecular weight is 373 g/mol. The van der Waals surface area contributed by atoms with Crippen LogP contribution in [0.1, 0.15) is 24.5 Å². The minimum absolute atomic E-state index is 0.391. The molecule has 3 aromatic rings. The highest BCUT2D eigenvalue weighted by molar-refractivity contribution is 6.07. The van der Waals surface area contributed by atoms with Crippen LogP contribution in [0.3, 0.4) is 0 Å². The SMILES string of the molecule is CC[C@@]1(c2ccccc2)NC(=O)N(/N=C\c2cnn(-c3ccccc3)c2)C1=O. The first-order valence-corrected chi connectivity index (χ1v) is 9.00. The second-order valence-corrected chi connectivity index (χ2v) is 6.47. The van der Waals surface area contributed by atoms with E-state index in [0.29, 0.717) is 12.0 Å². The molecule has 28 heavy (non-hydrogen) atoms. The van der Waals surface area contributed by atoms with E-state index in [1.165, 1.54) is 6.21 Å². The Morgan fingerprint density at radius 1 is 1.07 bits per heavy atom. The predicted molar refractivity (Wildman–Crippen MR) is 105 cm³/mol. The van der Waals surface area contributed by atoms with Crippen LogP contribution < -0.4 is 5.32 Å². The third-order valence-corrected chi connectivity index (χ3v) is 4.81. The van der Waals surface area contributed by atoms with E-state index in [-0.39, 0.29) is 0 Å². The van der Waals surface area contributed by atoms with E-state index < -0.39 is 17.5 Å². The summed E-state index contributed by atoms with van der Waals surface area (Å²) in [6.07, 6.45) is 5.29. The van der Waals surface area contributed by atoms with Gasteiger partial charge in [-0.1, -0.05) is 55.5 Å². The van der Waals surface area contributed by atoms with Crippen molar-refractivity contribution in [3.05, 3.63) is 84.2 Å². The van der Waals surface area contributed by atoms with Crippen LogP contribution in [0.25, 0.3) is 5.69 Å². The molecule has 0 spiro atoms. The number of carbonyl (C=O) groups is 2. The van der Waals surface area contributed by atoms with Crippen LogP contribution in [0.4, 0.5) is 4.79 Å². The fraction of sp³-hybridized carbons (Fsp3) is 0.143. The highest BCUT2D eigenvalue weighted by Crippen LogP contribution is 2.32. The average Bonchev–Trinajstić information content (AvgIpc) is 3.31. The maximum Gasteiger partial charge on any atom is 0.346 e. The van der Waals surface area contributed by atoms with Crippen molar-refractivity contribution < 1.29 is 9.59 Å². The van der Waals surface area contributed by atoms with E-state index in [1.807, 2.05) is 67.6 Å². The molecule has 0 radical (unpaired) electrons. The third-order valence-electron chi connectivity index (χ3n) is 4.81. The Bertz CT molecular complexity index is 1030. The van der Waals surface area contributed by atoms with Crippen molar-refractivity contribution >= 4 is 18.2 Å². The lowest BCUT2D eigenvalue weighted by Crippen LogP contribution is -2.43. The Morgan fingerprint density at radius 2 is 1.75 bits per heavy atom. The number of aromatic nitrogens is 2. The van der Waals surface area contributed by atoms with Crippen LogP contribution in [0.5, 0.6) is 0 Å². The molecule has 1 fully saturated rings. The van der Waals surface area contributed by atoms with Gasteiger partial charge in [0.15, 0.2) is 0 Å². The highest BCUT2D eigenvalue weighted by Gasteiger charge is 2.51. The summed E-state index contributed by atoms with van der Waals surface area (Å²) >= 11 is 0. The van der Waals surface area contributed by atoms with Gasteiger partial charge < -0.3 is 5.32 Å². The predicted octanol–water partition coefficient (Wildman–Crippen LogP) is 3.06. The van der Waals surface area contributed by atoms with Gasteiger partial charge in [0.05, 0.1) is 18.1 Å². The zero-order chi connectivity index (χ0) is 19.6. The lowest BCUT2D eigenvalue weighted by molar-refractivity contribution is -0.131. The number of amides is 3. The Balaban J connectivity index is 1.58. The summed E-state index contributed by atoms with van der Waals surface area (Å²) in [5.41, 5.74) is 1.24. The van der Waals surface area contributed by atoms with Gasteiger partial charge in [-0.3, -0.25) is 4.79 Å². The molecule has 4 rings (SSSR count). The Labute approximate surface area is 162 Å². The number of para-hydroxylation sites is 1. The molecule has 1 aliphatic heterocycles. The zero-order valence-electron chi connectivity index (χ0n) is 15.3. The molecule has 7 nitrogen and oxygen atoms in total. The Morgan fingerprint density at radius 3 is 2.43 bits per heavy atom. The topological polar surface area (TPSA) is 79.6 Å². The monoisotopic (exact) mass is 373 g/mol. The van der Waals surface area contributed by atoms with Crippen molar-refractivity contribution in [1.29, 1.82) is 0 Å². The molecule has 1 aromatic heterocycles. The molecule has 7 heteroatoms. The van der Waals surface area contributed by atoms with Gasteiger partial charge in [-0.05, 0) is 24.1 Å². The number of urea groups is 1. The lowest BCUT2D eigenvalue weighted by Gasteiger charge is -2.24. The number of rotatable bonds is 5.